The van der Waals surface area contributed by atoms with Gasteiger partial charge in [0.05, 0.1) is 6.54 Å². The second-order valence-electron chi connectivity index (χ2n) is 5.03. The van der Waals surface area contributed by atoms with E-state index in [2.05, 4.69) is 40.1 Å². The number of nitrogens with zero attached hydrogens (tertiary/aromatic N) is 2. The lowest BCUT2D eigenvalue weighted by Gasteiger charge is -2.06. The molecular weight excluding hydrogens is 282 g/mol. The van der Waals surface area contributed by atoms with E-state index in [-0.39, 0.29) is 0 Å². The second-order valence-corrected chi connectivity index (χ2v) is 5.44. The third kappa shape index (κ3) is 2.94. The molecule has 3 rings (SSSR count). The summed E-state index contributed by atoms with van der Waals surface area (Å²) in [5.41, 5.74) is 3.38. The number of aromatic nitrogens is 2. The minimum Gasteiger partial charge on any atom is -0.328 e. The van der Waals surface area contributed by atoms with Crippen LogP contribution in [-0.2, 0) is 13.1 Å². The highest BCUT2D eigenvalue weighted by molar-refractivity contribution is 6.31. The monoisotopic (exact) mass is 299 g/mol. The highest BCUT2D eigenvalue weighted by atomic mass is 35.5. The van der Waals surface area contributed by atoms with Gasteiger partial charge in [-0.25, -0.2) is 4.98 Å². The van der Waals surface area contributed by atoms with Crippen LogP contribution in [0.3, 0.4) is 0 Å². The number of halogens is 1. The summed E-state index contributed by atoms with van der Waals surface area (Å²) in [6.45, 7) is 4.66. The molecule has 0 bridgehead atoms. The van der Waals surface area contributed by atoms with Crippen LogP contribution in [0.4, 0.5) is 0 Å². The van der Waals surface area contributed by atoms with Crippen LogP contribution in [0.25, 0.3) is 11.0 Å². The van der Waals surface area contributed by atoms with E-state index >= 15 is 0 Å². The zero-order valence-electron chi connectivity index (χ0n) is 12.0. The van der Waals surface area contributed by atoms with Gasteiger partial charge in [0.2, 0.25) is 0 Å². The van der Waals surface area contributed by atoms with Gasteiger partial charge in [-0.05, 0) is 35.9 Å². The van der Waals surface area contributed by atoms with Gasteiger partial charge in [-0.2, -0.15) is 0 Å². The van der Waals surface area contributed by atoms with Crippen molar-refractivity contribution in [1.82, 2.24) is 14.9 Å². The molecule has 2 aromatic heterocycles. The molecule has 0 unspecified atom stereocenters. The van der Waals surface area contributed by atoms with Crippen LogP contribution in [-0.4, -0.2) is 16.1 Å². The number of rotatable bonds is 5. The Balaban J connectivity index is 2.00. The highest BCUT2D eigenvalue weighted by Crippen LogP contribution is 2.23. The standard InChI is InChI=1S/C17H18ClN3/c1-2-19-10-14-12-21(17-15(14)7-5-9-20-17)11-13-6-3-4-8-16(13)18/h3-9,12,19H,2,10-11H2,1H3. The van der Waals surface area contributed by atoms with Crippen molar-refractivity contribution >= 4 is 22.6 Å². The maximum Gasteiger partial charge on any atom is 0.140 e. The van der Waals surface area contributed by atoms with Crippen molar-refractivity contribution in [3.63, 3.8) is 0 Å². The van der Waals surface area contributed by atoms with E-state index in [1.54, 1.807) is 0 Å². The third-order valence-electron chi connectivity index (χ3n) is 3.58. The van der Waals surface area contributed by atoms with Crippen molar-refractivity contribution < 1.29 is 0 Å². The molecule has 0 saturated heterocycles. The van der Waals surface area contributed by atoms with Crippen LogP contribution >= 0.6 is 11.6 Å². The Kier molecular flexibility index (Phi) is 4.23. The van der Waals surface area contributed by atoms with Crippen molar-refractivity contribution in [2.24, 2.45) is 0 Å². The fourth-order valence-corrected chi connectivity index (χ4v) is 2.72. The number of fused-ring (bicyclic) bond motifs is 1. The molecular formula is C17H18ClN3. The molecule has 0 radical (unpaired) electrons. The van der Waals surface area contributed by atoms with E-state index in [1.807, 2.05) is 30.5 Å². The van der Waals surface area contributed by atoms with Crippen molar-refractivity contribution in [1.29, 1.82) is 0 Å². The molecule has 0 saturated carbocycles. The first kappa shape index (κ1) is 14.1. The summed E-state index contributed by atoms with van der Waals surface area (Å²) >= 11 is 6.27. The molecule has 0 aliphatic rings. The Hall–Kier alpha value is -1.84. The maximum atomic E-state index is 6.27. The molecule has 0 atom stereocenters. The summed E-state index contributed by atoms with van der Waals surface area (Å²) in [5.74, 6) is 0. The normalized spacial score (nSPS) is 11.1. The van der Waals surface area contributed by atoms with Gasteiger partial charge in [0.15, 0.2) is 0 Å². The molecule has 21 heavy (non-hydrogen) atoms. The van der Waals surface area contributed by atoms with E-state index in [9.17, 15) is 0 Å². The fourth-order valence-electron chi connectivity index (χ4n) is 2.53. The second kappa shape index (κ2) is 6.29. The van der Waals surface area contributed by atoms with Crippen molar-refractivity contribution in [3.8, 4) is 0 Å². The Labute approximate surface area is 129 Å². The highest BCUT2D eigenvalue weighted by Gasteiger charge is 2.10. The Morgan fingerprint density at radius 2 is 2.00 bits per heavy atom. The molecule has 108 valence electrons. The third-order valence-corrected chi connectivity index (χ3v) is 3.95. The van der Waals surface area contributed by atoms with E-state index in [0.717, 1.165) is 35.9 Å². The van der Waals surface area contributed by atoms with Gasteiger partial charge in [0, 0.05) is 29.3 Å². The molecule has 4 heteroatoms. The first-order chi connectivity index (χ1) is 10.3. The quantitative estimate of drug-likeness (QED) is 0.775. The molecule has 1 aromatic carbocycles. The number of pyridine rings is 1. The van der Waals surface area contributed by atoms with Gasteiger partial charge < -0.3 is 9.88 Å². The predicted octanol–water partition coefficient (Wildman–Crippen LogP) is 3.85. The Bertz CT molecular complexity index is 749. The first-order valence-corrected chi connectivity index (χ1v) is 7.54. The molecule has 0 aliphatic heterocycles. The summed E-state index contributed by atoms with van der Waals surface area (Å²) in [7, 11) is 0. The molecule has 0 spiro atoms. The lowest BCUT2D eigenvalue weighted by molar-refractivity contribution is 0.724. The molecule has 1 N–H and O–H groups in total. The minimum absolute atomic E-state index is 0.735. The smallest absolute Gasteiger partial charge is 0.140 e. The van der Waals surface area contributed by atoms with Gasteiger partial charge in [-0.3, -0.25) is 0 Å². The largest absolute Gasteiger partial charge is 0.328 e. The molecule has 3 nitrogen and oxygen atoms in total. The van der Waals surface area contributed by atoms with Crippen molar-refractivity contribution in [3.05, 3.63) is 64.9 Å². The van der Waals surface area contributed by atoms with E-state index < -0.39 is 0 Å². The Morgan fingerprint density at radius 1 is 1.14 bits per heavy atom. The average Bonchev–Trinajstić information content (AvgIpc) is 2.86. The lowest BCUT2D eigenvalue weighted by Crippen LogP contribution is -2.11. The van der Waals surface area contributed by atoms with Gasteiger partial charge >= 0.3 is 0 Å². The van der Waals surface area contributed by atoms with Gasteiger partial charge in [-0.1, -0.05) is 36.7 Å². The van der Waals surface area contributed by atoms with Gasteiger partial charge in [0.1, 0.15) is 5.65 Å². The molecule has 0 fully saturated rings. The lowest BCUT2D eigenvalue weighted by atomic mass is 10.2. The van der Waals surface area contributed by atoms with Gasteiger partial charge in [-0.15, -0.1) is 0 Å². The van der Waals surface area contributed by atoms with Crippen LogP contribution in [0.2, 0.25) is 5.02 Å². The number of hydrogen-bond acceptors (Lipinski definition) is 2. The average molecular weight is 300 g/mol. The topological polar surface area (TPSA) is 29.9 Å². The maximum absolute atomic E-state index is 6.27. The molecule has 2 heterocycles. The minimum atomic E-state index is 0.735. The number of nitrogens with one attached hydrogen (secondary N) is 1. The van der Waals surface area contributed by atoms with E-state index in [1.165, 1.54) is 10.9 Å². The summed E-state index contributed by atoms with van der Waals surface area (Å²) < 4.78 is 2.17. The zero-order chi connectivity index (χ0) is 14.7. The summed E-state index contributed by atoms with van der Waals surface area (Å²) in [5, 5.41) is 5.37. The first-order valence-electron chi connectivity index (χ1n) is 7.16. The number of benzene rings is 1. The predicted molar refractivity (Wildman–Crippen MR) is 87.7 cm³/mol. The van der Waals surface area contributed by atoms with Crippen LogP contribution < -0.4 is 5.32 Å². The number of hydrogen-bond donors (Lipinski definition) is 1. The van der Waals surface area contributed by atoms with Crippen LogP contribution in [0, 0.1) is 0 Å². The van der Waals surface area contributed by atoms with Crippen molar-refractivity contribution in [2.75, 3.05) is 6.54 Å². The summed E-state index contributed by atoms with van der Waals surface area (Å²) in [4.78, 5) is 4.53. The Morgan fingerprint density at radius 3 is 2.81 bits per heavy atom. The van der Waals surface area contributed by atoms with E-state index in [0.29, 0.717) is 0 Å². The zero-order valence-corrected chi connectivity index (χ0v) is 12.8. The van der Waals surface area contributed by atoms with Crippen LogP contribution in [0.5, 0.6) is 0 Å². The SMILES string of the molecule is CCNCc1cn(Cc2ccccc2Cl)c2ncccc12. The van der Waals surface area contributed by atoms with Crippen molar-refractivity contribution in [2.45, 2.75) is 20.0 Å². The van der Waals surface area contributed by atoms with E-state index in [4.69, 9.17) is 11.6 Å². The molecule has 0 aliphatic carbocycles. The molecule has 3 aromatic rings. The fraction of sp³-hybridized carbons (Fsp3) is 0.235. The van der Waals surface area contributed by atoms with Crippen LogP contribution in [0.15, 0.2) is 48.8 Å². The summed E-state index contributed by atoms with van der Waals surface area (Å²) in [6, 6.07) is 12.1. The molecule has 0 amide bonds. The van der Waals surface area contributed by atoms with Crippen LogP contribution in [0.1, 0.15) is 18.1 Å². The summed E-state index contributed by atoms with van der Waals surface area (Å²) in [6.07, 6.45) is 4.01. The van der Waals surface area contributed by atoms with Gasteiger partial charge in [0.25, 0.3) is 0 Å².